The van der Waals surface area contributed by atoms with E-state index in [0.29, 0.717) is 51.0 Å². The molecule has 1 aromatic rings. The lowest BCUT2D eigenvalue weighted by Crippen LogP contribution is -2.60. The largest absolute Gasteiger partial charge is 0.489 e. The molecular formula is C36H49N5O10S. The molecule has 284 valence electrons. The van der Waals surface area contributed by atoms with E-state index in [0.717, 1.165) is 11.1 Å². The van der Waals surface area contributed by atoms with Gasteiger partial charge in [-0.3, -0.25) is 24.0 Å². The summed E-state index contributed by atoms with van der Waals surface area (Å²) in [6.07, 6.45) is 4.23. The van der Waals surface area contributed by atoms with Crippen LogP contribution in [0.15, 0.2) is 30.4 Å². The standard InChI is InChI=1S/C36H49N5O10S/c1-5-23-18-36(23,32(44)39-52(47,48)25-13-14-25)38-30(42)27-17-24-20-41(27)31(43)29(35(2,3)4)37-33(45)50-16-9-7-6-8-15-49-28-12-10-11-22-19-40(21-26(22)28)34(46)51-24/h6,8,10-12,23-25,27,29H,5,7,9,13-21H2,1-4H3,(H,37,45)(H,38,42)(H,39,44)/b8-6+/t23-,24+,27?,29+,36-/m0/s1. The van der Waals surface area contributed by atoms with Crippen molar-refractivity contribution in [2.45, 2.75) is 115 Å². The molecule has 5 atom stereocenters. The fourth-order valence-electron chi connectivity index (χ4n) is 7.21. The number of alkyl carbamates (subject to hydrolysis) is 1. The van der Waals surface area contributed by atoms with E-state index in [2.05, 4.69) is 15.4 Å². The van der Waals surface area contributed by atoms with Gasteiger partial charge in [-0.25, -0.2) is 18.0 Å². The van der Waals surface area contributed by atoms with Crippen molar-refractivity contribution in [3.63, 3.8) is 0 Å². The van der Waals surface area contributed by atoms with E-state index in [1.54, 1.807) is 20.8 Å². The van der Waals surface area contributed by atoms with Gasteiger partial charge in [-0.1, -0.05) is 58.4 Å². The van der Waals surface area contributed by atoms with Crippen LogP contribution in [0.1, 0.15) is 83.8 Å². The maximum Gasteiger partial charge on any atom is 0.410 e. The molecule has 3 heterocycles. The average Bonchev–Trinajstić information content (AvgIpc) is 3.97. The normalized spacial score (nSPS) is 29.1. The number of carbonyl (C=O) groups excluding carboxylic acids is 5. The van der Waals surface area contributed by atoms with Crippen molar-refractivity contribution in [3.8, 4) is 5.75 Å². The summed E-state index contributed by atoms with van der Waals surface area (Å²) in [5.41, 5.74) is -0.510. The maximum absolute atomic E-state index is 14.4. The molecule has 1 aromatic carbocycles. The van der Waals surface area contributed by atoms with Crippen LogP contribution in [-0.4, -0.2) is 96.9 Å². The summed E-state index contributed by atoms with van der Waals surface area (Å²) in [4.78, 5) is 71.4. The smallest absolute Gasteiger partial charge is 0.410 e. The molecule has 2 saturated carbocycles. The number of hydrogen-bond acceptors (Lipinski definition) is 10. The number of fused-ring (bicyclic) bond motifs is 3. The highest BCUT2D eigenvalue weighted by atomic mass is 32.2. The van der Waals surface area contributed by atoms with E-state index in [9.17, 15) is 32.4 Å². The molecule has 0 spiro atoms. The Hall–Kier alpha value is -4.34. The minimum atomic E-state index is -3.88. The Balaban J connectivity index is 1.26. The molecule has 15 nitrogen and oxygen atoms in total. The number of benzene rings is 1. The third-order valence-corrected chi connectivity index (χ3v) is 12.3. The maximum atomic E-state index is 14.4. The Morgan fingerprint density at radius 3 is 2.54 bits per heavy atom. The number of carbonyl (C=O) groups is 5. The van der Waals surface area contributed by atoms with Crippen molar-refractivity contribution in [3.05, 3.63) is 41.5 Å². The number of sulfonamides is 1. The Bertz CT molecular complexity index is 1740. The van der Waals surface area contributed by atoms with E-state index in [1.807, 2.05) is 37.3 Å². The number of hydrogen-bond donors (Lipinski definition) is 3. The SMILES string of the molecule is CC[C@H]1C[C@@]1(NC(=O)C1C[C@@H]2CN1C(=O)[C@H](C(C)(C)C)NC(=O)OCCC/C=C/COc1cccc3c1CN(C3)C(=O)O2)C(=O)NS(=O)(=O)C1CC1. The van der Waals surface area contributed by atoms with Crippen LogP contribution in [0.3, 0.4) is 0 Å². The van der Waals surface area contributed by atoms with Gasteiger partial charge in [0.2, 0.25) is 21.8 Å². The van der Waals surface area contributed by atoms with E-state index < -0.39 is 74.3 Å². The zero-order valence-electron chi connectivity index (χ0n) is 30.1. The van der Waals surface area contributed by atoms with Gasteiger partial charge in [0.1, 0.15) is 36.1 Å². The van der Waals surface area contributed by atoms with Gasteiger partial charge in [0.15, 0.2) is 0 Å². The predicted molar refractivity (Wildman–Crippen MR) is 187 cm³/mol. The first-order valence-corrected chi connectivity index (χ1v) is 19.6. The summed E-state index contributed by atoms with van der Waals surface area (Å²) in [5, 5.41) is 4.85. The Morgan fingerprint density at radius 1 is 1.08 bits per heavy atom. The fraction of sp³-hybridized carbons (Fsp3) is 0.639. The van der Waals surface area contributed by atoms with Crippen molar-refractivity contribution in [1.29, 1.82) is 0 Å². The second-order valence-electron chi connectivity index (χ2n) is 15.4. The second-order valence-corrected chi connectivity index (χ2v) is 17.4. The van der Waals surface area contributed by atoms with E-state index in [1.165, 1.54) is 9.80 Å². The number of cyclic esters (lactones) is 1. The van der Waals surface area contributed by atoms with Crippen molar-refractivity contribution < 1.29 is 46.6 Å². The van der Waals surface area contributed by atoms with Gasteiger partial charge in [0.05, 0.1) is 24.9 Å². The van der Waals surface area contributed by atoms with Gasteiger partial charge in [0, 0.05) is 18.5 Å². The van der Waals surface area contributed by atoms with Crippen LogP contribution in [0.2, 0.25) is 0 Å². The zero-order chi connectivity index (χ0) is 37.4. The lowest BCUT2D eigenvalue weighted by molar-refractivity contribution is -0.143. The zero-order valence-corrected chi connectivity index (χ0v) is 31.0. The van der Waals surface area contributed by atoms with Crippen LogP contribution in [0.4, 0.5) is 9.59 Å². The molecular weight excluding hydrogens is 694 g/mol. The topological polar surface area (TPSA) is 190 Å². The van der Waals surface area contributed by atoms with Crippen LogP contribution in [0.5, 0.6) is 5.75 Å². The van der Waals surface area contributed by atoms with Gasteiger partial charge < -0.3 is 29.7 Å². The third kappa shape index (κ3) is 8.01. The second kappa shape index (κ2) is 14.6. The Kier molecular flexibility index (Phi) is 10.5. The molecule has 3 aliphatic heterocycles. The van der Waals surface area contributed by atoms with Crippen molar-refractivity contribution >= 4 is 39.9 Å². The summed E-state index contributed by atoms with van der Waals surface area (Å²) in [5.74, 6) is -1.74. The first kappa shape index (κ1) is 37.4. The van der Waals surface area contributed by atoms with Crippen molar-refractivity contribution in [1.82, 2.24) is 25.2 Å². The molecule has 2 aliphatic carbocycles. The molecule has 1 saturated heterocycles. The molecule has 3 fully saturated rings. The van der Waals surface area contributed by atoms with Gasteiger partial charge in [-0.05, 0) is 55.1 Å². The summed E-state index contributed by atoms with van der Waals surface area (Å²) < 4.78 is 44.9. The summed E-state index contributed by atoms with van der Waals surface area (Å²) in [7, 11) is -3.88. The third-order valence-electron chi connectivity index (χ3n) is 10.5. The summed E-state index contributed by atoms with van der Waals surface area (Å²) >= 11 is 0. The van der Waals surface area contributed by atoms with Crippen LogP contribution in [0.25, 0.3) is 0 Å². The van der Waals surface area contributed by atoms with Gasteiger partial charge >= 0.3 is 12.2 Å². The van der Waals surface area contributed by atoms with Crippen LogP contribution < -0.4 is 20.1 Å². The van der Waals surface area contributed by atoms with E-state index in [-0.39, 0.29) is 38.5 Å². The van der Waals surface area contributed by atoms with Gasteiger partial charge in [0.25, 0.3) is 5.91 Å². The number of nitrogens with one attached hydrogen (secondary N) is 3. The molecule has 4 bridgehead atoms. The predicted octanol–water partition coefficient (Wildman–Crippen LogP) is 2.87. The number of amides is 5. The summed E-state index contributed by atoms with van der Waals surface area (Å²) in [6, 6.07) is 3.30. The van der Waals surface area contributed by atoms with Gasteiger partial charge in [-0.15, -0.1) is 0 Å². The number of nitrogens with zero attached hydrogens (tertiary/aromatic N) is 2. The highest BCUT2D eigenvalue weighted by molar-refractivity contribution is 7.91. The Labute approximate surface area is 304 Å². The lowest BCUT2D eigenvalue weighted by Gasteiger charge is -2.35. The highest BCUT2D eigenvalue weighted by Gasteiger charge is 2.62. The van der Waals surface area contributed by atoms with Crippen molar-refractivity contribution in [2.75, 3.05) is 19.8 Å². The molecule has 1 unspecified atom stereocenters. The lowest BCUT2D eigenvalue weighted by atomic mass is 9.85. The van der Waals surface area contributed by atoms with E-state index in [4.69, 9.17) is 14.2 Å². The minimum absolute atomic E-state index is 0.0824. The summed E-state index contributed by atoms with van der Waals surface area (Å²) in [6.45, 7) is 7.95. The number of rotatable bonds is 6. The first-order chi connectivity index (χ1) is 24.6. The molecule has 0 aromatic heterocycles. The highest BCUT2D eigenvalue weighted by Crippen LogP contribution is 2.47. The number of ether oxygens (including phenoxy) is 3. The quantitative estimate of drug-likeness (QED) is 0.366. The van der Waals surface area contributed by atoms with E-state index >= 15 is 0 Å². The first-order valence-electron chi connectivity index (χ1n) is 18.1. The fourth-order valence-corrected chi connectivity index (χ4v) is 8.57. The van der Waals surface area contributed by atoms with Crippen LogP contribution in [-0.2, 0) is 47.0 Å². The molecule has 5 aliphatic rings. The Morgan fingerprint density at radius 2 is 1.85 bits per heavy atom. The minimum Gasteiger partial charge on any atom is -0.489 e. The molecule has 52 heavy (non-hydrogen) atoms. The average molecular weight is 744 g/mol. The molecule has 16 heteroatoms. The van der Waals surface area contributed by atoms with Crippen molar-refractivity contribution in [2.24, 2.45) is 11.3 Å². The van der Waals surface area contributed by atoms with Crippen LogP contribution >= 0.6 is 0 Å². The monoisotopic (exact) mass is 743 g/mol. The molecule has 0 radical (unpaired) electrons. The molecule has 6 rings (SSSR count). The number of allylic oxidation sites excluding steroid dienone is 1. The molecule has 5 amide bonds. The van der Waals surface area contributed by atoms with Gasteiger partial charge in [-0.2, -0.15) is 0 Å². The van der Waals surface area contributed by atoms with Crippen LogP contribution in [0, 0.1) is 11.3 Å². The molecule has 3 N–H and O–H groups in total.